The largest absolute Gasteiger partial charge is 0.379 e. The minimum Gasteiger partial charge on any atom is -0.379 e. The van der Waals surface area contributed by atoms with Crippen molar-refractivity contribution < 1.29 is 14.3 Å². The molecule has 1 amide bonds. The number of nitrogens with one attached hydrogen (secondary N) is 1. The van der Waals surface area contributed by atoms with Crippen LogP contribution in [0.5, 0.6) is 0 Å². The van der Waals surface area contributed by atoms with Gasteiger partial charge in [0, 0.05) is 13.7 Å². The van der Waals surface area contributed by atoms with Gasteiger partial charge in [-0.25, -0.2) is 0 Å². The molecule has 4 heteroatoms. The minimum absolute atomic E-state index is 0.142. The van der Waals surface area contributed by atoms with E-state index in [0.717, 1.165) is 12.8 Å². The van der Waals surface area contributed by atoms with Crippen LogP contribution in [-0.4, -0.2) is 37.9 Å². The third kappa shape index (κ3) is 7.65. The standard InChI is InChI=1S/C12H25NO3/c1-11(2,15-5)7-9-16-12(3,4)6-8-13-10-14/h10H,6-9H2,1-5H3,(H,13,14). The molecule has 0 aliphatic rings. The highest BCUT2D eigenvalue weighted by Crippen LogP contribution is 2.18. The van der Waals surface area contributed by atoms with E-state index < -0.39 is 0 Å². The number of hydrogen-bond donors (Lipinski definition) is 1. The zero-order valence-electron chi connectivity index (χ0n) is 11.1. The summed E-state index contributed by atoms with van der Waals surface area (Å²) in [5.41, 5.74) is -0.350. The molecule has 0 bridgehead atoms. The second-order valence-corrected chi connectivity index (χ2v) is 5.14. The van der Waals surface area contributed by atoms with Crippen LogP contribution in [0.1, 0.15) is 40.5 Å². The average molecular weight is 231 g/mol. The highest BCUT2D eigenvalue weighted by Gasteiger charge is 2.21. The first-order valence-electron chi connectivity index (χ1n) is 5.69. The summed E-state index contributed by atoms with van der Waals surface area (Å²) < 4.78 is 11.1. The average Bonchev–Trinajstić information content (AvgIpc) is 2.17. The van der Waals surface area contributed by atoms with Gasteiger partial charge in [0.2, 0.25) is 6.41 Å². The number of rotatable bonds is 9. The second-order valence-electron chi connectivity index (χ2n) is 5.14. The summed E-state index contributed by atoms with van der Waals surface area (Å²) in [5, 5.41) is 2.64. The summed E-state index contributed by atoms with van der Waals surface area (Å²) >= 11 is 0. The molecule has 1 N–H and O–H groups in total. The molecule has 0 unspecified atom stereocenters. The van der Waals surface area contributed by atoms with Crippen LogP contribution in [-0.2, 0) is 14.3 Å². The van der Waals surface area contributed by atoms with Crippen molar-refractivity contribution in [1.82, 2.24) is 5.32 Å². The summed E-state index contributed by atoms with van der Waals surface area (Å²) in [6, 6.07) is 0. The van der Waals surface area contributed by atoms with E-state index in [4.69, 9.17) is 9.47 Å². The van der Waals surface area contributed by atoms with Crippen LogP contribution in [0.15, 0.2) is 0 Å². The van der Waals surface area contributed by atoms with E-state index in [0.29, 0.717) is 19.6 Å². The molecule has 0 heterocycles. The first-order chi connectivity index (χ1) is 7.33. The number of amides is 1. The number of carbonyl (C=O) groups is 1. The minimum atomic E-state index is -0.209. The molecule has 0 rings (SSSR count). The molecule has 0 aromatic rings. The fourth-order valence-electron chi connectivity index (χ4n) is 1.18. The van der Waals surface area contributed by atoms with Crippen molar-refractivity contribution in [3.63, 3.8) is 0 Å². The number of methoxy groups -OCH3 is 1. The van der Waals surface area contributed by atoms with Gasteiger partial charge in [0.15, 0.2) is 0 Å². The molecule has 0 aliphatic carbocycles. The van der Waals surface area contributed by atoms with Crippen molar-refractivity contribution in [3.8, 4) is 0 Å². The zero-order valence-corrected chi connectivity index (χ0v) is 11.1. The van der Waals surface area contributed by atoms with Crippen LogP contribution >= 0.6 is 0 Å². The molecular weight excluding hydrogens is 206 g/mol. The van der Waals surface area contributed by atoms with Crippen molar-refractivity contribution in [1.29, 1.82) is 0 Å². The van der Waals surface area contributed by atoms with Crippen molar-refractivity contribution in [2.45, 2.75) is 51.7 Å². The Morgan fingerprint density at radius 1 is 1.12 bits per heavy atom. The molecule has 4 nitrogen and oxygen atoms in total. The summed E-state index contributed by atoms with van der Waals surface area (Å²) in [6.07, 6.45) is 2.37. The van der Waals surface area contributed by atoms with Crippen molar-refractivity contribution >= 4 is 6.41 Å². The van der Waals surface area contributed by atoms with Gasteiger partial charge in [-0.3, -0.25) is 4.79 Å². The first-order valence-corrected chi connectivity index (χ1v) is 5.69. The van der Waals surface area contributed by atoms with Gasteiger partial charge in [-0.05, 0) is 40.5 Å². The lowest BCUT2D eigenvalue weighted by atomic mass is 10.0. The Labute approximate surface area is 98.7 Å². The van der Waals surface area contributed by atoms with E-state index in [9.17, 15) is 4.79 Å². The molecule has 0 aromatic heterocycles. The topological polar surface area (TPSA) is 47.6 Å². The van der Waals surface area contributed by atoms with Crippen molar-refractivity contribution in [2.24, 2.45) is 0 Å². The molecule has 0 aliphatic heterocycles. The van der Waals surface area contributed by atoms with E-state index in [2.05, 4.69) is 5.32 Å². The number of ether oxygens (including phenoxy) is 2. The van der Waals surface area contributed by atoms with Gasteiger partial charge in [-0.2, -0.15) is 0 Å². The van der Waals surface area contributed by atoms with E-state index in [1.807, 2.05) is 27.7 Å². The van der Waals surface area contributed by atoms with Crippen LogP contribution in [0.2, 0.25) is 0 Å². The van der Waals surface area contributed by atoms with Gasteiger partial charge >= 0.3 is 0 Å². The Balaban J connectivity index is 3.76. The van der Waals surface area contributed by atoms with Gasteiger partial charge in [0.05, 0.1) is 17.8 Å². The quantitative estimate of drug-likeness (QED) is 0.485. The molecular formula is C12H25NO3. The SMILES string of the molecule is COC(C)(C)CCOC(C)(C)CCNC=O. The molecule has 0 radical (unpaired) electrons. The van der Waals surface area contributed by atoms with E-state index in [-0.39, 0.29) is 11.2 Å². The lowest BCUT2D eigenvalue weighted by molar-refractivity contribution is -0.109. The maximum atomic E-state index is 10.1. The second kappa shape index (κ2) is 6.86. The number of carbonyl (C=O) groups excluding carboxylic acids is 1. The van der Waals surface area contributed by atoms with Gasteiger partial charge in [-0.15, -0.1) is 0 Å². The Morgan fingerprint density at radius 3 is 2.25 bits per heavy atom. The van der Waals surface area contributed by atoms with E-state index in [1.54, 1.807) is 7.11 Å². The predicted octanol–water partition coefficient (Wildman–Crippen LogP) is 1.73. The Kier molecular flexibility index (Phi) is 6.60. The summed E-state index contributed by atoms with van der Waals surface area (Å²) in [5.74, 6) is 0. The first kappa shape index (κ1) is 15.4. The third-order valence-corrected chi connectivity index (χ3v) is 2.70. The van der Waals surface area contributed by atoms with Crippen LogP contribution in [0.4, 0.5) is 0 Å². The molecule has 0 aromatic carbocycles. The van der Waals surface area contributed by atoms with Crippen LogP contribution < -0.4 is 5.32 Å². The highest BCUT2D eigenvalue weighted by molar-refractivity contribution is 5.45. The zero-order chi connectivity index (χ0) is 12.7. The molecule has 0 saturated carbocycles. The highest BCUT2D eigenvalue weighted by atomic mass is 16.5. The van der Waals surface area contributed by atoms with Crippen LogP contribution in [0, 0.1) is 0 Å². The van der Waals surface area contributed by atoms with Gasteiger partial charge in [-0.1, -0.05) is 0 Å². The van der Waals surface area contributed by atoms with Crippen molar-refractivity contribution in [2.75, 3.05) is 20.3 Å². The van der Waals surface area contributed by atoms with Gasteiger partial charge < -0.3 is 14.8 Å². The molecule has 16 heavy (non-hydrogen) atoms. The molecule has 0 spiro atoms. The fourth-order valence-corrected chi connectivity index (χ4v) is 1.18. The molecule has 0 saturated heterocycles. The summed E-state index contributed by atoms with van der Waals surface area (Å²) in [4.78, 5) is 10.1. The van der Waals surface area contributed by atoms with Crippen molar-refractivity contribution in [3.05, 3.63) is 0 Å². The monoisotopic (exact) mass is 231 g/mol. The summed E-state index contributed by atoms with van der Waals surface area (Å²) in [7, 11) is 1.71. The molecule has 0 atom stereocenters. The normalized spacial score (nSPS) is 12.6. The van der Waals surface area contributed by atoms with E-state index >= 15 is 0 Å². The molecule has 96 valence electrons. The fraction of sp³-hybridized carbons (Fsp3) is 0.917. The van der Waals surface area contributed by atoms with E-state index in [1.165, 1.54) is 0 Å². The molecule has 0 fully saturated rings. The van der Waals surface area contributed by atoms with Gasteiger partial charge in [0.1, 0.15) is 0 Å². The lowest BCUT2D eigenvalue weighted by Gasteiger charge is -2.28. The lowest BCUT2D eigenvalue weighted by Crippen LogP contribution is -2.32. The third-order valence-electron chi connectivity index (χ3n) is 2.70. The Hall–Kier alpha value is -0.610. The maximum absolute atomic E-state index is 10.1. The summed E-state index contributed by atoms with van der Waals surface area (Å²) in [6.45, 7) is 9.44. The number of hydrogen-bond acceptors (Lipinski definition) is 3. The smallest absolute Gasteiger partial charge is 0.207 e. The van der Waals surface area contributed by atoms with Crippen LogP contribution in [0.3, 0.4) is 0 Å². The Morgan fingerprint density at radius 2 is 1.75 bits per heavy atom. The van der Waals surface area contributed by atoms with Crippen LogP contribution in [0.25, 0.3) is 0 Å². The predicted molar refractivity (Wildman–Crippen MR) is 64.4 cm³/mol. The van der Waals surface area contributed by atoms with Gasteiger partial charge in [0.25, 0.3) is 0 Å². The Bertz CT molecular complexity index is 202. The maximum Gasteiger partial charge on any atom is 0.207 e.